The van der Waals surface area contributed by atoms with E-state index in [-0.39, 0.29) is 6.54 Å². The van der Waals surface area contributed by atoms with E-state index in [0.29, 0.717) is 5.41 Å². The summed E-state index contributed by atoms with van der Waals surface area (Å²) in [5.74, 6) is -0.587. The highest BCUT2D eigenvalue weighted by Gasteiger charge is 2.41. The maximum atomic E-state index is 11.2. The molecule has 1 aliphatic carbocycles. The summed E-state index contributed by atoms with van der Waals surface area (Å²) in [6, 6.07) is 0. The van der Waals surface area contributed by atoms with Gasteiger partial charge in [-0.3, -0.25) is 0 Å². The molecule has 0 aromatic rings. The van der Waals surface area contributed by atoms with Gasteiger partial charge in [-0.2, -0.15) is 0 Å². The van der Waals surface area contributed by atoms with E-state index >= 15 is 0 Å². The SMILES string of the molecule is CCC1(CNCC(C)(O)C(=O)OC)CC1. The van der Waals surface area contributed by atoms with E-state index in [4.69, 9.17) is 0 Å². The summed E-state index contributed by atoms with van der Waals surface area (Å²) in [4.78, 5) is 11.2. The van der Waals surface area contributed by atoms with Crippen molar-refractivity contribution >= 4 is 5.97 Å². The Morgan fingerprint density at radius 3 is 2.60 bits per heavy atom. The lowest BCUT2D eigenvalue weighted by Gasteiger charge is -2.22. The fourth-order valence-electron chi connectivity index (χ4n) is 1.70. The number of nitrogens with one attached hydrogen (secondary N) is 1. The van der Waals surface area contributed by atoms with Crippen molar-refractivity contribution in [3.8, 4) is 0 Å². The first-order valence-corrected chi connectivity index (χ1v) is 5.47. The summed E-state index contributed by atoms with van der Waals surface area (Å²) >= 11 is 0. The molecule has 0 radical (unpaired) electrons. The number of ether oxygens (including phenoxy) is 1. The molecule has 0 aromatic heterocycles. The molecule has 15 heavy (non-hydrogen) atoms. The maximum Gasteiger partial charge on any atom is 0.338 e. The van der Waals surface area contributed by atoms with Gasteiger partial charge in [-0.05, 0) is 31.6 Å². The number of hydrogen-bond donors (Lipinski definition) is 2. The minimum Gasteiger partial charge on any atom is -0.467 e. The number of methoxy groups -OCH3 is 1. The van der Waals surface area contributed by atoms with Crippen LogP contribution in [-0.4, -0.2) is 36.9 Å². The summed E-state index contributed by atoms with van der Waals surface area (Å²) in [6.07, 6.45) is 3.65. The zero-order valence-corrected chi connectivity index (χ0v) is 9.80. The van der Waals surface area contributed by atoms with E-state index in [1.54, 1.807) is 0 Å². The van der Waals surface area contributed by atoms with Crippen LogP contribution in [0.25, 0.3) is 0 Å². The van der Waals surface area contributed by atoms with Gasteiger partial charge in [0.15, 0.2) is 5.60 Å². The quantitative estimate of drug-likeness (QED) is 0.640. The highest BCUT2D eigenvalue weighted by molar-refractivity contribution is 5.78. The number of esters is 1. The summed E-state index contributed by atoms with van der Waals surface area (Å²) in [5.41, 5.74) is -0.995. The first kappa shape index (κ1) is 12.5. The molecule has 0 aliphatic heterocycles. The van der Waals surface area contributed by atoms with Crippen molar-refractivity contribution in [2.45, 2.75) is 38.7 Å². The van der Waals surface area contributed by atoms with E-state index in [1.165, 1.54) is 26.9 Å². The van der Waals surface area contributed by atoms with Crippen molar-refractivity contribution in [1.82, 2.24) is 5.32 Å². The van der Waals surface area contributed by atoms with Crippen molar-refractivity contribution in [2.75, 3.05) is 20.2 Å². The third kappa shape index (κ3) is 3.18. The zero-order chi connectivity index (χ0) is 11.5. The Labute approximate surface area is 91.0 Å². The van der Waals surface area contributed by atoms with Crippen LogP contribution in [0.5, 0.6) is 0 Å². The Hall–Kier alpha value is -0.610. The van der Waals surface area contributed by atoms with E-state index in [0.717, 1.165) is 13.0 Å². The number of carbonyl (C=O) groups is 1. The average Bonchev–Trinajstić information content (AvgIpc) is 2.97. The molecule has 0 spiro atoms. The van der Waals surface area contributed by atoms with Gasteiger partial charge in [-0.1, -0.05) is 6.92 Å². The van der Waals surface area contributed by atoms with Crippen LogP contribution in [0.4, 0.5) is 0 Å². The first-order valence-electron chi connectivity index (χ1n) is 5.47. The second-order valence-electron chi connectivity index (χ2n) is 4.72. The zero-order valence-electron chi connectivity index (χ0n) is 9.80. The molecule has 2 N–H and O–H groups in total. The Morgan fingerprint density at radius 1 is 1.60 bits per heavy atom. The second kappa shape index (κ2) is 4.49. The fourth-order valence-corrected chi connectivity index (χ4v) is 1.70. The van der Waals surface area contributed by atoms with Crippen LogP contribution in [0.3, 0.4) is 0 Å². The molecule has 0 amide bonds. The normalized spacial score (nSPS) is 21.9. The minimum atomic E-state index is -1.42. The molecule has 0 heterocycles. The van der Waals surface area contributed by atoms with E-state index in [2.05, 4.69) is 17.0 Å². The van der Waals surface area contributed by atoms with Crippen molar-refractivity contribution < 1.29 is 14.6 Å². The lowest BCUT2D eigenvalue weighted by atomic mass is 10.0. The Kier molecular flexibility index (Phi) is 3.73. The maximum absolute atomic E-state index is 11.2. The molecule has 0 bridgehead atoms. The van der Waals surface area contributed by atoms with Crippen LogP contribution in [0.15, 0.2) is 0 Å². The molecule has 1 fully saturated rings. The van der Waals surface area contributed by atoms with Gasteiger partial charge >= 0.3 is 5.97 Å². The van der Waals surface area contributed by atoms with E-state index < -0.39 is 11.6 Å². The van der Waals surface area contributed by atoms with Gasteiger partial charge in [0.2, 0.25) is 0 Å². The molecule has 1 rings (SSSR count). The van der Waals surface area contributed by atoms with Crippen molar-refractivity contribution in [3.05, 3.63) is 0 Å². The van der Waals surface area contributed by atoms with Crippen molar-refractivity contribution in [1.29, 1.82) is 0 Å². The number of carbonyl (C=O) groups excluding carboxylic acids is 1. The number of rotatable bonds is 6. The van der Waals surface area contributed by atoms with Gasteiger partial charge in [-0.15, -0.1) is 0 Å². The van der Waals surface area contributed by atoms with E-state index in [1.807, 2.05) is 0 Å². The topological polar surface area (TPSA) is 58.6 Å². The third-order valence-electron chi connectivity index (χ3n) is 3.30. The van der Waals surface area contributed by atoms with Gasteiger partial charge in [0, 0.05) is 13.1 Å². The Balaban J connectivity index is 2.27. The predicted molar refractivity (Wildman–Crippen MR) is 57.5 cm³/mol. The van der Waals surface area contributed by atoms with Crippen LogP contribution >= 0.6 is 0 Å². The molecule has 88 valence electrons. The van der Waals surface area contributed by atoms with Gasteiger partial charge in [0.1, 0.15) is 0 Å². The molecule has 0 aromatic carbocycles. The van der Waals surface area contributed by atoms with Gasteiger partial charge in [-0.25, -0.2) is 4.79 Å². The molecule has 4 heteroatoms. The smallest absolute Gasteiger partial charge is 0.338 e. The fraction of sp³-hybridized carbons (Fsp3) is 0.909. The van der Waals surface area contributed by atoms with Crippen LogP contribution in [0.1, 0.15) is 33.1 Å². The second-order valence-corrected chi connectivity index (χ2v) is 4.72. The third-order valence-corrected chi connectivity index (χ3v) is 3.30. The molecule has 1 aliphatic rings. The Bertz CT molecular complexity index is 234. The lowest BCUT2D eigenvalue weighted by molar-refractivity contribution is -0.159. The van der Waals surface area contributed by atoms with Crippen molar-refractivity contribution in [3.63, 3.8) is 0 Å². The number of aliphatic hydroxyl groups is 1. The summed E-state index contributed by atoms with van der Waals surface area (Å²) in [7, 11) is 1.28. The lowest BCUT2D eigenvalue weighted by Crippen LogP contribution is -2.46. The molecule has 1 saturated carbocycles. The molecule has 4 nitrogen and oxygen atoms in total. The summed E-state index contributed by atoms with van der Waals surface area (Å²) < 4.78 is 4.51. The Morgan fingerprint density at radius 2 is 2.20 bits per heavy atom. The largest absolute Gasteiger partial charge is 0.467 e. The molecule has 1 unspecified atom stereocenters. The summed E-state index contributed by atoms with van der Waals surface area (Å²) in [5, 5.41) is 12.9. The minimum absolute atomic E-state index is 0.251. The standard InChI is InChI=1S/C11H21NO3/c1-4-11(5-6-11)8-12-7-10(2,14)9(13)15-3/h12,14H,4-8H2,1-3H3. The van der Waals surface area contributed by atoms with Crippen LogP contribution in [-0.2, 0) is 9.53 Å². The van der Waals surface area contributed by atoms with Gasteiger partial charge in [0.25, 0.3) is 0 Å². The van der Waals surface area contributed by atoms with E-state index in [9.17, 15) is 9.90 Å². The highest BCUT2D eigenvalue weighted by atomic mass is 16.5. The first-order chi connectivity index (χ1) is 6.96. The summed E-state index contributed by atoms with van der Waals surface area (Å²) in [6.45, 7) is 4.77. The highest BCUT2D eigenvalue weighted by Crippen LogP contribution is 2.47. The van der Waals surface area contributed by atoms with Crippen LogP contribution in [0.2, 0.25) is 0 Å². The number of hydrogen-bond acceptors (Lipinski definition) is 4. The molecular formula is C11H21NO3. The molecule has 1 atom stereocenters. The van der Waals surface area contributed by atoms with Gasteiger partial charge in [0.05, 0.1) is 7.11 Å². The molecule has 0 saturated heterocycles. The van der Waals surface area contributed by atoms with Crippen LogP contribution < -0.4 is 5.32 Å². The monoisotopic (exact) mass is 215 g/mol. The van der Waals surface area contributed by atoms with Crippen molar-refractivity contribution in [2.24, 2.45) is 5.41 Å². The van der Waals surface area contributed by atoms with Gasteiger partial charge < -0.3 is 15.2 Å². The average molecular weight is 215 g/mol. The molecular weight excluding hydrogens is 194 g/mol. The predicted octanol–water partition coefficient (Wildman–Crippen LogP) is 0.690. The van der Waals surface area contributed by atoms with Crippen LogP contribution in [0, 0.1) is 5.41 Å².